The van der Waals surface area contributed by atoms with Gasteiger partial charge in [-0.25, -0.2) is 0 Å². The van der Waals surface area contributed by atoms with Gasteiger partial charge in [-0.3, -0.25) is 0 Å². The molecule has 16 heavy (non-hydrogen) atoms. The van der Waals surface area contributed by atoms with Gasteiger partial charge < -0.3 is 5.11 Å². The van der Waals surface area contributed by atoms with Gasteiger partial charge in [-0.1, -0.05) is 62.2 Å². The van der Waals surface area contributed by atoms with Gasteiger partial charge in [0.25, 0.3) is 0 Å². The first-order valence-corrected chi connectivity index (χ1v) is 6.22. The molecule has 1 N–H and O–H groups in total. The summed E-state index contributed by atoms with van der Waals surface area (Å²) in [5, 5.41) is 9.87. The number of aliphatic hydroxyl groups excluding tert-OH is 1. The average molecular weight is 218 g/mol. The Labute approximate surface area is 98.8 Å². The van der Waals surface area contributed by atoms with Crippen molar-refractivity contribution in [2.45, 2.75) is 45.1 Å². The second-order valence-electron chi connectivity index (χ2n) is 4.13. The standard InChI is InChI=1S/C15H22O/c1-2-3-4-5-6-10-13-15(16)14-11-8-7-9-12-14/h6-12,15-16H,2-5,13H2,1H3/b10-6+/t15-/m0/s1. The van der Waals surface area contributed by atoms with E-state index in [0.29, 0.717) is 0 Å². The van der Waals surface area contributed by atoms with Crippen LogP contribution in [0, 0.1) is 0 Å². The van der Waals surface area contributed by atoms with Crippen molar-refractivity contribution in [3.05, 3.63) is 48.0 Å². The molecule has 1 nitrogen and oxygen atoms in total. The first kappa shape index (κ1) is 13.0. The van der Waals surface area contributed by atoms with Gasteiger partial charge in [0.05, 0.1) is 6.10 Å². The fourth-order valence-electron chi connectivity index (χ4n) is 1.67. The lowest BCUT2D eigenvalue weighted by Crippen LogP contribution is -1.94. The van der Waals surface area contributed by atoms with Crippen molar-refractivity contribution >= 4 is 0 Å². The van der Waals surface area contributed by atoms with Crippen LogP contribution in [0.15, 0.2) is 42.5 Å². The minimum Gasteiger partial charge on any atom is -0.388 e. The van der Waals surface area contributed by atoms with Crippen molar-refractivity contribution < 1.29 is 5.11 Å². The average Bonchev–Trinajstić information content (AvgIpc) is 2.34. The lowest BCUT2D eigenvalue weighted by Gasteiger charge is -2.07. The Morgan fingerprint density at radius 1 is 1.12 bits per heavy atom. The summed E-state index contributed by atoms with van der Waals surface area (Å²) < 4.78 is 0. The minimum absolute atomic E-state index is 0.358. The van der Waals surface area contributed by atoms with Gasteiger partial charge in [0.2, 0.25) is 0 Å². The number of hydrogen-bond acceptors (Lipinski definition) is 1. The van der Waals surface area contributed by atoms with Gasteiger partial charge in [-0.15, -0.1) is 0 Å². The second kappa shape index (κ2) is 8.12. The summed E-state index contributed by atoms with van der Waals surface area (Å²) in [6.45, 7) is 2.21. The van der Waals surface area contributed by atoms with Crippen molar-refractivity contribution in [3.8, 4) is 0 Å². The molecule has 0 spiro atoms. The van der Waals surface area contributed by atoms with E-state index in [1.54, 1.807) is 0 Å². The Kier molecular flexibility index (Phi) is 6.59. The molecule has 0 saturated carbocycles. The van der Waals surface area contributed by atoms with E-state index in [1.807, 2.05) is 30.3 Å². The summed E-state index contributed by atoms with van der Waals surface area (Å²) >= 11 is 0. The predicted octanol–water partition coefficient (Wildman–Crippen LogP) is 4.25. The summed E-state index contributed by atoms with van der Waals surface area (Å²) in [6.07, 6.45) is 9.59. The molecular formula is C15H22O. The third-order valence-corrected chi connectivity index (χ3v) is 2.68. The Morgan fingerprint density at radius 3 is 2.56 bits per heavy atom. The fourth-order valence-corrected chi connectivity index (χ4v) is 1.67. The largest absolute Gasteiger partial charge is 0.388 e. The molecule has 0 heterocycles. The van der Waals surface area contributed by atoms with E-state index in [4.69, 9.17) is 0 Å². The quantitative estimate of drug-likeness (QED) is 0.536. The van der Waals surface area contributed by atoms with Crippen molar-refractivity contribution in [2.24, 2.45) is 0 Å². The summed E-state index contributed by atoms with van der Waals surface area (Å²) in [7, 11) is 0. The molecule has 0 aromatic heterocycles. The molecule has 0 fully saturated rings. The molecular weight excluding hydrogens is 196 g/mol. The van der Waals surface area contributed by atoms with Gasteiger partial charge in [0.15, 0.2) is 0 Å². The summed E-state index contributed by atoms with van der Waals surface area (Å²) in [5.74, 6) is 0. The molecule has 0 aliphatic heterocycles. The fraction of sp³-hybridized carbons (Fsp3) is 0.467. The van der Waals surface area contributed by atoms with E-state index >= 15 is 0 Å². The number of allylic oxidation sites excluding steroid dienone is 1. The Morgan fingerprint density at radius 2 is 1.88 bits per heavy atom. The van der Waals surface area contributed by atoms with Crippen molar-refractivity contribution in [1.29, 1.82) is 0 Å². The maximum absolute atomic E-state index is 9.87. The van der Waals surface area contributed by atoms with Gasteiger partial charge >= 0.3 is 0 Å². The van der Waals surface area contributed by atoms with Crippen LogP contribution in [0.25, 0.3) is 0 Å². The van der Waals surface area contributed by atoms with Crippen LogP contribution in [-0.2, 0) is 0 Å². The summed E-state index contributed by atoms with van der Waals surface area (Å²) in [6, 6.07) is 9.83. The highest BCUT2D eigenvalue weighted by Crippen LogP contribution is 2.16. The van der Waals surface area contributed by atoms with E-state index in [-0.39, 0.29) is 6.10 Å². The topological polar surface area (TPSA) is 20.2 Å². The summed E-state index contributed by atoms with van der Waals surface area (Å²) in [5.41, 5.74) is 1.00. The van der Waals surface area contributed by atoms with E-state index in [0.717, 1.165) is 18.4 Å². The SMILES string of the molecule is CCCCC/C=C/C[C@H](O)c1ccccc1. The highest BCUT2D eigenvalue weighted by Gasteiger charge is 2.02. The third-order valence-electron chi connectivity index (χ3n) is 2.68. The molecule has 0 radical (unpaired) electrons. The molecule has 0 aliphatic carbocycles. The Balaban J connectivity index is 2.22. The van der Waals surface area contributed by atoms with E-state index in [2.05, 4.69) is 19.1 Å². The maximum Gasteiger partial charge on any atom is 0.0824 e. The molecule has 0 amide bonds. The van der Waals surface area contributed by atoms with Crippen LogP contribution < -0.4 is 0 Å². The minimum atomic E-state index is -0.358. The first-order valence-electron chi connectivity index (χ1n) is 6.22. The van der Waals surface area contributed by atoms with Crippen LogP contribution in [0.1, 0.15) is 50.7 Å². The van der Waals surface area contributed by atoms with Crippen molar-refractivity contribution in [1.82, 2.24) is 0 Å². The van der Waals surface area contributed by atoms with Crippen LogP contribution in [0.4, 0.5) is 0 Å². The smallest absolute Gasteiger partial charge is 0.0824 e. The lowest BCUT2D eigenvalue weighted by atomic mass is 10.1. The number of rotatable bonds is 7. The molecule has 1 atom stereocenters. The predicted molar refractivity (Wildman–Crippen MR) is 69.3 cm³/mol. The van der Waals surface area contributed by atoms with Gasteiger partial charge in [-0.05, 0) is 24.8 Å². The highest BCUT2D eigenvalue weighted by atomic mass is 16.3. The molecule has 88 valence electrons. The normalized spacial score (nSPS) is 13.1. The zero-order chi connectivity index (χ0) is 11.6. The number of aliphatic hydroxyl groups is 1. The summed E-state index contributed by atoms with van der Waals surface area (Å²) in [4.78, 5) is 0. The molecule has 0 saturated heterocycles. The van der Waals surface area contributed by atoms with Crippen LogP contribution in [-0.4, -0.2) is 5.11 Å². The Hall–Kier alpha value is -1.08. The molecule has 1 aromatic rings. The highest BCUT2D eigenvalue weighted by molar-refractivity contribution is 5.17. The van der Waals surface area contributed by atoms with Crippen LogP contribution in [0.2, 0.25) is 0 Å². The number of unbranched alkanes of at least 4 members (excludes halogenated alkanes) is 3. The zero-order valence-electron chi connectivity index (χ0n) is 10.1. The van der Waals surface area contributed by atoms with Gasteiger partial charge in [0, 0.05) is 0 Å². The van der Waals surface area contributed by atoms with E-state index < -0.39 is 0 Å². The molecule has 0 aliphatic rings. The molecule has 1 rings (SSSR count). The van der Waals surface area contributed by atoms with Gasteiger partial charge in [0.1, 0.15) is 0 Å². The zero-order valence-corrected chi connectivity index (χ0v) is 10.1. The monoisotopic (exact) mass is 218 g/mol. The molecule has 0 unspecified atom stereocenters. The van der Waals surface area contributed by atoms with Crippen LogP contribution >= 0.6 is 0 Å². The molecule has 0 bridgehead atoms. The van der Waals surface area contributed by atoms with Crippen LogP contribution in [0.5, 0.6) is 0 Å². The first-order chi connectivity index (χ1) is 7.84. The Bertz CT molecular complexity index is 290. The maximum atomic E-state index is 9.87. The van der Waals surface area contributed by atoms with E-state index in [1.165, 1.54) is 19.3 Å². The van der Waals surface area contributed by atoms with Gasteiger partial charge in [-0.2, -0.15) is 0 Å². The van der Waals surface area contributed by atoms with Crippen molar-refractivity contribution in [2.75, 3.05) is 0 Å². The van der Waals surface area contributed by atoms with Crippen LogP contribution in [0.3, 0.4) is 0 Å². The molecule has 1 heteroatoms. The van der Waals surface area contributed by atoms with E-state index in [9.17, 15) is 5.11 Å². The third kappa shape index (κ3) is 5.13. The number of benzene rings is 1. The second-order valence-corrected chi connectivity index (χ2v) is 4.13. The molecule has 1 aromatic carbocycles. The lowest BCUT2D eigenvalue weighted by molar-refractivity contribution is 0.181. The number of hydrogen-bond donors (Lipinski definition) is 1. The van der Waals surface area contributed by atoms with Crippen molar-refractivity contribution in [3.63, 3.8) is 0 Å².